The Morgan fingerprint density at radius 3 is 2.74 bits per heavy atom. The number of anilines is 1. The highest BCUT2D eigenvalue weighted by Gasteiger charge is 2.49. The summed E-state index contributed by atoms with van der Waals surface area (Å²) in [4.78, 5) is 32.3. The summed E-state index contributed by atoms with van der Waals surface area (Å²) in [7, 11) is 1.50. The van der Waals surface area contributed by atoms with Gasteiger partial charge in [0.15, 0.2) is 5.13 Å². The molecular weight excluding hydrogens is 456 g/mol. The highest BCUT2D eigenvalue weighted by molar-refractivity contribution is 7.22. The molecule has 2 aromatic carbocycles. The van der Waals surface area contributed by atoms with Crippen LogP contribution in [0.25, 0.3) is 16.0 Å². The van der Waals surface area contributed by atoms with Crippen molar-refractivity contribution in [3.8, 4) is 11.5 Å². The van der Waals surface area contributed by atoms with Gasteiger partial charge in [0.05, 0.1) is 35.8 Å². The van der Waals surface area contributed by atoms with Crippen LogP contribution in [0.4, 0.5) is 5.13 Å². The second-order valence-electron chi connectivity index (χ2n) is 7.48. The summed E-state index contributed by atoms with van der Waals surface area (Å²) in [5.74, 6) is -0.415. The van der Waals surface area contributed by atoms with Crippen LogP contribution >= 0.6 is 11.3 Å². The van der Waals surface area contributed by atoms with Gasteiger partial charge in [-0.2, -0.15) is 0 Å². The lowest BCUT2D eigenvalue weighted by Gasteiger charge is -2.20. The van der Waals surface area contributed by atoms with Crippen LogP contribution in [0.15, 0.2) is 70.9 Å². The van der Waals surface area contributed by atoms with Crippen molar-refractivity contribution >= 4 is 44.1 Å². The van der Waals surface area contributed by atoms with Gasteiger partial charge in [0.25, 0.3) is 5.78 Å². The molecule has 1 atom stereocenters. The van der Waals surface area contributed by atoms with Crippen molar-refractivity contribution in [1.29, 1.82) is 0 Å². The predicted octanol–water partition coefficient (Wildman–Crippen LogP) is 4.92. The fraction of sp³-hybridized carbons (Fsp3) is 0.160. The van der Waals surface area contributed by atoms with Crippen LogP contribution in [-0.2, 0) is 9.59 Å². The molecule has 1 aliphatic rings. The van der Waals surface area contributed by atoms with E-state index < -0.39 is 17.7 Å². The number of aromatic nitrogens is 1. The van der Waals surface area contributed by atoms with Gasteiger partial charge in [0.2, 0.25) is 0 Å². The molecule has 2 aromatic heterocycles. The Hall–Kier alpha value is -4.11. The zero-order valence-corrected chi connectivity index (χ0v) is 19.2. The number of hydrogen-bond acceptors (Lipinski definition) is 8. The van der Waals surface area contributed by atoms with Gasteiger partial charge < -0.3 is 19.0 Å². The van der Waals surface area contributed by atoms with Gasteiger partial charge in [-0.3, -0.25) is 14.5 Å². The monoisotopic (exact) mass is 476 g/mol. The minimum atomic E-state index is -0.979. The molecule has 1 unspecified atom stereocenters. The smallest absolute Gasteiger partial charge is 0.302 e. The van der Waals surface area contributed by atoms with E-state index in [9.17, 15) is 14.7 Å². The molecule has 3 heterocycles. The summed E-state index contributed by atoms with van der Waals surface area (Å²) in [6.45, 7) is 2.42. The van der Waals surface area contributed by atoms with Gasteiger partial charge in [-0.25, -0.2) is 4.98 Å². The molecule has 1 amide bonds. The number of aliphatic hydroxyl groups is 1. The normalized spacial score (nSPS) is 17.5. The summed E-state index contributed by atoms with van der Waals surface area (Å²) in [6.07, 6.45) is 1.45. The molecule has 4 aromatic rings. The third-order valence-corrected chi connectivity index (χ3v) is 6.48. The number of nitrogens with zero attached hydrogens (tertiary/aromatic N) is 2. The molecule has 34 heavy (non-hydrogen) atoms. The van der Waals surface area contributed by atoms with Gasteiger partial charge in [-0.15, -0.1) is 0 Å². The van der Waals surface area contributed by atoms with Crippen LogP contribution in [-0.4, -0.2) is 35.5 Å². The summed E-state index contributed by atoms with van der Waals surface area (Å²) < 4.78 is 17.2. The number of ether oxygens (including phenoxy) is 2. The SMILES string of the molecule is CCOc1ccc2nc(N3C(=O)C(=O)/C(=C(/O)c4cccc(OC)c4)C3c3ccco3)sc2c1. The molecule has 8 nitrogen and oxygen atoms in total. The fourth-order valence-electron chi connectivity index (χ4n) is 3.92. The van der Waals surface area contributed by atoms with Gasteiger partial charge in [0.1, 0.15) is 29.1 Å². The summed E-state index contributed by atoms with van der Waals surface area (Å²) in [5.41, 5.74) is 0.929. The molecule has 1 aliphatic heterocycles. The lowest BCUT2D eigenvalue weighted by molar-refractivity contribution is -0.132. The molecular formula is C25H20N2O6S. The number of thiazole rings is 1. The van der Waals surface area contributed by atoms with E-state index in [-0.39, 0.29) is 11.3 Å². The molecule has 9 heteroatoms. The average Bonchev–Trinajstić information content (AvgIpc) is 3.57. The Balaban J connectivity index is 1.66. The molecule has 0 bridgehead atoms. The minimum absolute atomic E-state index is 0.0811. The van der Waals surface area contributed by atoms with Crippen molar-refractivity contribution in [1.82, 2.24) is 4.98 Å². The number of furan rings is 1. The first-order valence-corrected chi connectivity index (χ1v) is 11.4. The maximum Gasteiger partial charge on any atom is 0.302 e. The van der Waals surface area contributed by atoms with E-state index in [0.29, 0.717) is 40.1 Å². The van der Waals surface area contributed by atoms with Crippen LogP contribution in [0.5, 0.6) is 11.5 Å². The van der Waals surface area contributed by atoms with Gasteiger partial charge >= 0.3 is 5.91 Å². The molecule has 0 saturated carbocycles. The maximum absolute atomic E-state index is 13.2. The minimum Gasteiger partial charge on any atom is -0.507 e. The first-order chi connectivity index (χ1) is 16.5. The lowest BCUT2D eigenvalue weighted by atomic mass is 9.99. The Kier molecular flexibility index (Phi) is 5.54. The van der Waals surface area contributed by atoms with E-state index in [0.717, 1.165) is 4.70 Å². The van der Waals surface area contributed by atoms with Gasteiger partial charge in [-0.1, -0.05) is 23.5 Å². The van der Waals surface area contributed by atoms with E-state index >= 15 is 0 Å². The first kappa shape index (κ1) is 21.7. The molecule has 1 saturated heterocycles. The Morgan fingerprint density at radius 1 is 1.15 bits per heavy atom. The number of hydrogen-bond donors (Lipinski definition) is 1. The average molecular weight is 477 g/mol. The summed E-state index contributed by atoms with van der Waals surface area (Å²) in [5, 5.41) is 11.5. The van der Waals surface area contributed by atoms with E-state index in [4.69, 9.17) is 13.9 Å². The second-order valence-corrected chi connectivity index (χ2v) is 8.48. The third-order valence-electron chi connectivity index (χ3n) is 5.47. The third kappa shape index (κ3) is 3.60. The zero-order chi connectivity index (χ0) is 23.8. The molecule has 172 valence electrons. The largest absolute Gasteiger partial charge is 0.507 e. The van der Waals surface area contributed by atoms with Crippen molar-refractivity contribution in [3.05, 3.63) is 77.8 Å². The number of ketones is 1. The quantitative estimate of drug-likeness (QED) is 0.239. The highest BCUT2D eigenvalue weighted by Crippen LogP contribution is 2.44. The molecule has 1 N–H and O–H groups in total. The number of carbonyl (C=O) groups excluding carboxylic acids is 2. The summed E-state index contributed by atoms with van der Waals surface area (Å²) in [6, 6.07) is 14.4. The van der Waals surface area contributed by atoms with Crippen LogP contribution in [0.2, 0.25) is 0 Å². The number of aliphatic hydroxyl groups excluding tert-OH is 1. The van der Waals surface area contributed by atoms with E-state index in [1.165, 1.54) is 29.6 Å². The second kappa shape index (κ2) is 8.68. The maximum atomic E-state index is 13.2. The van der Waals surface area contributed by atoms with Crippen molar-refractivity contribution < 1.29 is 28.6 Å². The molecule has 0 aliphatic carbocycles. The molecule has 0 radical (unpaired) electrons. The van der Waals surface area contributed by atoms with Gasteiger partial charge in [-0.05, 0) is 49.4 Å². The number of benzene rings is 2. The van der Waals surface area contributed by atoms with Crippen molar-refractivity contribution in [2.45, 2.75) is 13.0 Å². The van der Waals surface area contributed by atoms with Crippen molar-refractivity contribution in [2.24, 2.45) is 0 Å². The highest BCUT2D eigenvalue weighted by atomic mass is 32.1. The van der Waals surface area contributed by atoms with Gasteiger partial charge in [0, 0.05) is 5.56 Å². The van der Waals surface area contributed by atoms with Crippen molar-refractivity contribution in [2.75, 3.05) is 18.6 Å². The Labute approximate surface area is 198 Å². The van der Waals surface area contributed by atoms with Crippen LogP contribution in [0, 0.1) is 0 Å². The van der Waals surface area contributed by atoms with Crippen LogP contribution in [0.1, 0.15) is 24.3 Å². The number of amides is 1. The first-order valence-electron chi connectivity index (χ1n) is 10.5. The predicted molar refractivity (Wildman–Crippen MR) is 127 cm³/mol. The Morgan fingerprint density at radius 2 is 2.00 bits per heavy atom. The zero-order valence-electron chi connectivity index (χ0n) is 18.3. The number of fused-ring (bicyclic) bond motifs is 1. The topological polar surface area (TPSA) is 102 Å². The fourth-order valence-corrected chi connectivity index (χ4v) is 4.94. The standard InChI is InChI=1S/C25H20N2O6S/c1-3-32-16-9-10-17-19(13-16)34-25(26-17)27-21(18-8-5-11-33-18)20(23(29)24(27)30)22(28)14-6-4-7-15(12-14)31-2/h4-13,21,28H,3H2,1-2H3/b22-20+. The van der Waals surface area contributed by atoms with E-state index in [2.05, 4.69) is 4.98 Å². The number of Topliss-reactive ketones (excluding diaryl/α,β-unsaturated/α-hetero) is 1. The molecule has 1 fully saturated rings. The molecule has 0 spiro atoms. The number of methoxy groups -OCH3 is 1. The number of carbonyl (C=O) groups is 2. The lowest BCUT2D eigenvalue weighted by Crippen LogP contribution is -2.29. The molecule has 5 rings (SSSR count). The Bertz CT molecular complexity index is 1420. The number of rotatable bonds is 6. The van der Waals surface area contributed by atoms with Crippen LogP contribution in [0.3, 0.4) is 0 Å². The van der Waals surface area contributed by atoms with E-state index in [1.54, 1.807) is 48.5 Å². The van der Waals surface area contributed by atoms with Crippen LogP contribution < -0.4 is 14.4 Å². The van der Waals surface area contributed by atoms with E-state index in [1.807, 2.05) is 13.0 Å². The summed E-state index contributed by atoms with van der Waals surface area (Å²) >= 11 is 1.25. The van der Waals surface area contributed by atoms with Crippen molar-refractivity contribution in [3.63, 3.8) is 0 Å².